The topological polar surface area (TPSA) is 66.5 Å². The van der Waals surface area contributed by atoms with E-state index in [1.54, 1.807) is 24.3 Å². The Labute approximate surface area is 171 Å². The molecule has 0 aliphatic carbocycles. The van der Waals surface area contributed by atoms with Gasteiger partial charge in [-0.15, -0.1) is 11.8 Å². The van der Waals surface area contributed by atoms with Gasteiger partial charge in [-0.3, -0.25) is 9.52 Å². The van der Waals surface area contributed by atoms with Gasteiger partial charge in [0.1, 0.15) is 0 Å². The van der Waals surface area contributed by atoms with Gasteiger partial charge in [0.05, 0.1) is 16.1 Å². The van der Waals surface area contributed by atoms with E-state index in [1.807, 2.05) is 30.2 Å². The molecule has 7 heteroatoms. The number of rotatable bonds is 5. The molecule has 0 bridgehead atoms. The second-order valence-corrected chi connectivity index (χ2v) is 9.79. The first-order chi connectivity index (χ1) is 13.3. The largest absolute Gasteiger partial charge is 0.339 e. The van der Waals surface area contributed by atoms with Crippen LogP contribution >= 0.6 is 11.8 Å². The lowest BCUT2D eigenvalue weighted by Gasteiger charge is -2.30. The highest BCUT2D eigenvalue weighted by atomic mass is 32.2. The highest BCUT2D eigenvalue weighted by Gasteiger charge is 2.25. The van der Waals surface area contributed by atoms with Gasteiger partial charge in [0, 0.05) is 18.0 Å². The number of nitrogens with zero attached hydrogens (tertiary/aromatic N) is 1. The van der Waals surface area contributed by atoms with E-state index in [4.69, 9.17) is 0 Å². The van der Waals surface area contributed by atoms with E-state index in [0.29, 0.717) is 30.3 Å². The molecule has 1 saturated heterocycles. The Kier molecular flexibility index (Phi) is 6.35. The molecule has 0 aromatic heterocycles. The molecule has 0 unspecified atom stereocenters. The molecular formula is C21H26N2O3S2. The summed E-state index contributed by atoms with van der Waals surface area (Å²) in [6, 6.07) is 12.0. The summed E-state index contributed by atoms with van der Waals surface area (Å²) < 4.78 is 28.4. The van der Waals surface area contributed by atoms with Crippen molar-refractivity contribution in [3.8, 4) is 0 Å². The van der Waals surface area contributed by atoms with E-state index in [2.05, 4.69) is 11.6 Å². The first kappa shape index (κ1) is 20.7. The van der Waals surface area contributed by atoms with E-state index in [-0.39, 0.29) is 10.8 Å². The molecule has 0 saturated carbocycles. The molecule has 1 N–H and O–H groups in total. The van der Waals surface area contributed by atoms with E-state index in [0.717, 1.165) is 23.3 Å². The minimum atomic E-state index is -3.79. The molecule has 0 spiro atoms. The van der Waals surface area contributed by atoms with Crippen LogP contribution in [0.5, 0.6) is 0 Å². The van der Waals surface area contributed by atoms with E-state index in [9.17, 15) is 13.2 Å². The Morgan fingerprint density at radius 1 is 1.14 bits per heavy atom. The Hall–Kier alpha value is -1.99. The second kappa shape index (κ2) is 8.57. The van der Waals surface area contributed by atoms with Crippen molar-refractivity contribution in [2.24, 2.45) is 5.92 Å². The fourth-order valence-electron chi connectivity index (χ4n) is 3.29. The summed E-state index contributed by atoms with van der Waals surface area (Å²) in [4.78, 5) is 15.8. The summed E-state index contributed by atoms with van der Waals surface area (Å²) in [7, 11) is -3.79. The number of hydrogen-bond acceptors (Lipinski definition) is 4. The zero-order chi connectivity index (χ0) is 20.3. The molecule has 0 atom stereocenters. The van der Waals surface area contributed by atoms with Crippen LogP contribution in [0, 0.1) is 12.8 Å². The number of amides is 1. The van der Waals surface area contributed by atoms with Gasteiger partial charge in [0.15, 0.2) is 0 Å². The molecule has 5 nitrogen and oxygen atoms in total. The van der Waals surface area contributed by atoms with Gasteiger partial charge in [-0.2, -0.15) is 0 Å². The average molecular weight is 419 g/mol. The van der Waals surface area contributed by atoms with Gasteiger partial charge in [-0.05, 0) is 61.8 Å². The molecule has 1 aliphatic rings. The molecule has 28 heavy (non-hydrogen) atoms. The van der Waals surface area contributed by atoms with Crippen molar-refractivity contribution in [1.29, 1.82) is 0 Å². The van der Waals surface area contributed by atoms with Crippen LogP contribution in [0.25, 0.3) is 0 Å². The molecular weight excluding hydrogens is 392 g/mol. The van der Waals surface area contributed by atoms with Crippen molar-refractivity contribution in [3.63, 3.8) is 0 Å². The maximum absolute atomic E-state index is 13.1. The number of nitrogens with one attached hydrogen (secondary N) is 1. The van der Waals surface area contributed by atoms with Gasteiger partial charge in [-0.1, -0.05) is 25.1 Å². The van der Waals surface area contributed by atoms with Gasteiger partial charge in [0.25, 0.3) is 15.9 Å². The number of carbonyl (C=O) groups excluding carboxylic acids is 1. The normalized spacial score (nSPS) is 15.5. The van der Waals surface area contributed by atoms with Crippen molar-refractivity contribution < 1.29 is 13.2 Å². The second-order valence-electron chi connectivity index (χ2n) is 7.26. The standard InChI is InChI=1S/C21H26N2O3S2/c1-15-10-12-23(13-11-15)21(24)18-14-17(8-9-20(18)27-3)28(25,26)22-19-7-5-4-6-16(19)2/h4-9,14-15,22H,10-13H2,1-3H3. The number of hydrogen-bond donors (Lipinski definition) is 1. The van der Waals surface area contributed by atoms with Crippen molar-refractivity contribution in [1.82, 2.24) is 4.90 Å². The predicted octanol–water partition coefficient (Wildman–Crippen LogP) is 4.39. The van der Waals surface area contributed by atoms with Crippen LogP contribution in [0.2, 0.25) is 0 Å². The van der Waals surface area contributed by atoms with Gasteiger partial charge < -0.3 is 4.90 Å². The number of likely N-dealkylation sites (tertiary alicyclic amines) is 1. The van der Waals surface area contributed by atoms with Crippen molar-refractivity contribution in [3.05, 3.63) is 53.6 Å². The zero-order valence-corrected chi connectivity index (χ0v) is 18.1. The highest BCUT2D eigenvalue weighted by molar-refractivity contribution is 7.98. The van der Waals surface area contributed by atoms with E-state index in [1.165, 1.54) is 17.8 Å². The monoisotopic (exact) mass is 418 g/mol. The summed E-state index contributed by atoms with van der Waals surface area (Å²) in [6.07, 6.45) is 3.85. The Bertz CT molecular complexity index is 965. The molecule has 2 aromatic rings. The first-order valence-electron chi connectivity index (χ1n) is 9.37. The maximum Gasteiger partial charge on any atom is 0.261 e. The van der Waals surface area contributed by atoms with Crippen molar-refractivity contribution in [2.45, 2.75) is 36.5 Å². The predicted molar refractivity (Wildman–Crippen MR) is 115 cm³/mol. The molecule has 3 rings (SSSR count). The van der Waals surface area contributed by atoms with Crippen LogP contribution in [-0.2, 0) is 10.0 Å². The Morgan fingerprint density at radius 3 is 2.46 bits per heavy atom. The third kappa shape index (κ3) is 4.52. The zero-order valence-electron chi connectivity index (χ0n) is 16.4. The summed E-state index contributed by atoms with van der Waals surface area (Å²) in [5, 5.41) is 0. The quantitative estimate of drug-likeness (QED) is 0.732. The Morgan fingerprint density at radius 2 is 1.82 bits per heavy atom. The fourth-order valence-corrected chi connectivity index (χ4v) is 5.02. The highest BCUT2D eigenvalue weighted by Crippen LogP contribution is 2.28. The van der Waals surface area contributed by atoms with Gasteiger partial charge >= 0.3 is 0 Å². The number of para-hydroxylation sites is 1. The molecule has 1 fully saturated rings. The van der Waals surface area contributed by atoms with Crippen molar-refractivity contribution in [2.75, 3.05) is 24.1 Å². The van der Waals surface area contributed by atoms with Crippen molar-refractivity contribution >= 4 is 33.4 Å². The van der Waals surface area contributed by atoms with Gasteiger partial charge in [0.2, 0.25) is 0 Å². The molecule has 150 valence electrons. The number of piperidine rings is 1. The number of thioether (sulfide) groups is 1. The number of carbonyl (C=O) groups is 1. The summed E-state index contributed by atoms with van der Waals surface area (Å²) >= 11 is 1.45. The molecule has 1 amide bonds. The number of aryl methyl sites for hydroxylation is 1. The third-order valence-electron chi connectivity index (χ3n) is 5.17. The lowest BCUT2D eigenvalue weighted by molar-refractivity contribution is 0.0693. The van der Waals surface area contributed by atoms with Crippen LogP contribution in [0.1, 0.15) is 35.7 Å². The average Bonchev–Trinajstić information content (AvgIpc) is 2.69. The number of anilines is 1. The molecule has 2 aromatic carbocycles. The van der Waals surface area contributed by atoms with Crippen LogP contribution < -0.4 is 4.72 Å². The number of sulfonamides is 1. The number of benzene rings is 2. The molecule has 1 aliphatic heterocycles. The lowest BCUT2D eigenvalue weighted by atomic mass is 9.98. The smallest absolute Gasteiger partial charge is 0.261 e. The first-order valence-corrected chi connectivity index (χ1v) is 12.1. The minimum Gasteiger partial charge on any atom is -0.339 e. The summed E-state index contributed by atoms with van der Waals surface area (Å²) in [6.45, 7) is 5.47. The van der Waals surface area contributed by atoms with Crippen LogP contribution in [0.3, 0.4) is 0 Å². The fraction of sp³-hybridized carbons (Fsp3) is 0.381. The third-order valence-corrected chi connectivity index (χ3v) is 7.33. The summed E-state index contributed by atoms with van der Waals surface area (Å²) in [5.41, 5.74) is 1.83. The van der Waals surface area contributed by atoms with Crippen LogP contribution in [-0.4, -0.2) is 38.6 Å². The molecule has 0 radical (unpaired) electrons. The van der Waals surface area contributed by atoms with E-state index < -0.39 is 10.0 Å². The minimum absolute atomic E-state index is 0.0933. The van der Waals surface area contributed by atoms with Crippen LogP contribution in [0.15, 0.2) is 52.3 Å². The lowest BCUT2D eigenvalue weighted by Crippen LogP contribution is -2.38. The Balaban J connectivity index is 1.92. The van der Waals surface area contributed by atoms with Gasteiger partial charge in [-0.25, -0.2) is 8.42 Å². The summed E-state index contributed by atoms with van der Waals surface area (Å²) in [5.74, 6) is 0.526. The molecule has 1 heterocycles. The van der Waals surface area contributed by atoms with E-state index >= 15 is 0 Å². The maximum atomic E-state index is 13.1. The SMILES string of the molecule is CSc1ccc(S(=O)(=O)Nc2ccccc2C)cc1C(=O)N1CCC(C)CC1. The van der Waals surface area contributed by atoms with Crippen LogP contribution in [0.4, 0.5) is 5.69 Å².